The van der Waals surface area contributed by atoms with Crippen LogP contribution < -0.4 is 0 Å². The van der Waals surface area contributed by atoms with Gasteiger partial charge in [-0.2, -0.15) is 0 Å². The maximum atomic E-state index is 12.2. The highest BCUT2D eigenvalue weighted by molar-refractivity contribution is 5.83. The van der Waals surface area contributed by atoms with Gasteiger partial charge in [-0.05, 0) is 18.4 Å². The molecule has 5 nitrogen and oxygen atoms in total. The van der Waals surface area contributed by atoms with Crippen molar-refractivity contribution in [1.82, 2.24) is 4.90 Å². The standard InChI is InChI=1S/C16H19NO4/c18-14-7-6-12-8-13(14)15(19)9-17(12)16(20)21-10-11-4-2-1-3-5-11/h1-5,12-13,15,19H,6-10H2/t12-,13-,15-/m0/s1. The number of nitrogens with zero attached hydrogens (tertiary/aromatic N) is 1. The maximum Gasteiger partial charge on any atom is 0.410 e. The average molecular weight is 289 g/mol. The van der Waals surface area contributed by atoms with Crippen LogP contribution in [-0.2, 0) is 16.1 Å². The molecule has 112 valence electrons. The van der Waals surface area contributed by atoms with Gasteiger partial charge in [0.05, 0.1) is 12.6 Å². The number of aliphatic hydroxyl groups is 1. The van der Waals surface area contributed by atoms with E-state index in [-0.39, 0.29) is 30.9 Å². The molecular formula is C16H19NO4. The van der Waals surface area contributed by atoms with Gasteiger partial charge in [-0.25, -0.2) is 4.79 Å². The molecule has 3 atom stereocenters. The molecule has 5 heteroatoms. The normalized spacial score (nSPS) is 28.3. The van der Waals surface area contributed by atoms with Crippen LogP contribution in [0.4, 0.5) is 4.79 Å². The van der Waals surface area contributed by atoms with E-state index in [1.165, 1.54) is 0 Å². The van der Waals surface area contributed by atoms with E-state index < -0.39 is 12.2 Å². The summed E-state index contributed by atoms with van der Waals surface area (Å²) in [6.07, 6.45) is 0.492. The second kappa shape index (κ2) is 5.85. The van der Waals surface area contributed by atoms with Crippen molar-refractivity contribution in [3.8, 4) is 0 Å². The summed E-state index contributed by atoms with van der Waals surface area (Å²) in [5.74, 6) is -0.182. The molecule has 1 aliphatic heterocycles. The van der Waals surface area contributed by atoms with Crippen LogP contribution in [0.3, 0.4) is 0 Å². The summed E-state index contributed by atoms with van der Waals surface area (Å²) in [6.45, 7) is 0.413. The number of amides is 1. The van der Waals surface area contributed by atoms with Crippen LogP contribution in [0, 0.1) is 5.92 Å². The zero-order valence-corrected chi connectivity index (χ0v) is 11.8. The Balaban J connectivity index is 1.61. The van der Waals surface area contributed by atoms with Gasteiger partial charge in [-0.3, -0.25) is 4.79 Å². The van der Waals surface area contributed by atoms with E-state index in [0.29, 0.717) is 19.3 Å². The van der Waals surface area contributed by atoms with Gasteiger partial charge < -0.3 is 14.7 Å². The number of aliphatic hydroxyl groups excluding tert-OH is 1. The molecule has 1 aromatic rings. The number of fused-ring (bicyclic) bond motifs is 2. The van der Waals surface area contributed by atoms with Crippen LogP contribution in [0.1, 0.15) is 24.8 Å². The molecule has 1 aliphatic carbocycles. The van der Waals surface area contributed by atoms with E-state index in [4.69, 9.17) is 4.74 Å². The molecular weight excluding hydrogens is 270 g/mol. The van der Waals surface area contributed by atoms with Gasteiger partial charge in [0.2, 0.25) is 0 Å². The lowest BCUT2D eigenvalue weighted by Gasteiger charge is -2.44. The number of hydrogen-bond acceptors (Lipinski definition) is 4. The SMILES string of the molecule is O=C1CC[C@H]2C[C@@H]1[C@@H](O)CN2C(=O)OCc1ccccc1. The summed E-state index contributed by atoms with van der Waals surface area (Å²) in [6, 6.07) is 9.50. The highest BCUT2D eigenvalue weighted by Gasteiger charge is 2.43. The largest absolute Gasteiger partial charge is 0.445 e. The average Bonchev–Trinajstić information content (AvgIpc) is 2.51. The van der Waals surface area contributed by atoms with Gasteiger partial charge in [-0.15, -0.1) is 0 Å². The third-order valence-corrected chi connectivity index (χ3v) is 4.39. The predicted octanol–water partition coefficient (Wildman–Crippen LogP) is 1.74. The summed E-state index contributed by atoms with van der Waals surface area (Å²) in [4.78, 5) is 25.5. The summed E-state index contributed by atoms with van der Waals surface area (Å²) in [7, 11) is 0. The first-order chi connectivity index (χ1) is 10.1. The lowest BCUT2D eigenvalue weighted by Crippen LogP contribution is -2.56. The molecule has 2 aliphatic rings. The number of β-amino-alcohol motifs (C(OH)–C–C–N with tert-alkyl or cyclic N) is 1. The van der Waals surface area contributed by atoms with Crippen LogP contribution in [-0.4, -0.2) is 40.6 Å². The van der Waals surface area contributed by atoms with E-state index in [0.717, 1.165) is 5.56 Å². The summed E-state index contributed by atoms with van der Waals surface area (Å²) >= 11 is 0. The number of ether oxygens (including phenoxy) is 1. The first-order valence-electron chi connectivity index (χ1n) is 7.33. The van der Waals surface area contributed by atoms with Crippen LogP contribution in [0.15, 0.2) is 30.3 Å². The smallest absolute Gasteiger partial charge is 0.410 e. The van der Waals surface area contributed by atoms with Crippen molar-refractivity contribution in [1.29, 1.82) is 0 Å². The molecule has 1 N–H and O–H groups in total. The van der Waals surface area contributed by atoms with Gasteiger partial charge in [0.1, 0.15) is 12.4 Å². The number of likely N-dealkylation sites (tertiary alicyclic amines) is 1. The molecule has 0 radical (unpaired) electrons. The van der Waals surface area contributed by atoms with Crippen molar-refractivity contribution in [3.63, 3.8) is 0 Å². The number of carbonyl (C=O) groups excluding carboxylic acids is 2. The van der Waals surface area contributed by atoms with E-state index in [1.807, 2.05) is 30.3 Å². The first kappa shape index (κ1) is 14.1. The Hall–Kier alpha value is -1.88. The Labute approximate surface area is 123 Å². The van der Waals surface area contributed by atoms with Crippen molar-refractivity contribution in [2.75, 3.05) is 6.54 Å². The van der Waals surface area contributed by atoms with Gasteiger partial charge in [0.15, 0.2) is 0 Å². The minimum Gasteiger partial charge on any atom is -0.445 e. The number of ketones is 1. The molecule has 0 spiro atoms. The Morgan fingerprint density at radius 2 is 2.10 bits per heavy atom. The molecule has 1 aromatic carbocycles. The lowest BCUT2D eigenvalue weighted by atomic mass is 9.77. The summed E-state index contributed by atoms with van der Waals surface area (Å²) < 4.78 is 5.33. The van der Waals surface area contributed by atoms with E-state index in [2.05, 4.69) is 0 Å². The minimum atomic E-state index is -0.765. The molecule has 21 heavy (non-hydrogen) atoms. The zero-order chi connectivity index (χ0) is 14.8. The molecule has 1 amide bonds. The highest BCUT2D eigenvalue weighted by atomic mass is 16.6. The summed E-state index contributed by atoms with van der Waals surface area (Å²) in [5, 5.41) is 10.0. The van der Waals surface area contributed by atoms with E-state index >= 15 is 0 Å². The molecule has 1 heterocycles. The zero-order valence-electron chi connectivity index (χ0n) is 11.8. The Bertz CT molecular complexity index is 530. The first-order valence-corrected chi connectivity index (χ1v) is 7.33. The Morgan fingerprint density at radius 3 is 2.86 bits per heavy atom. The molecule has 1 saturated carbocycles. The van der Waals surface area contributed by atoms with Gasteiger partial charge in [-0.1, -0.05) is 30.3 Å². The number of hydrogen-bond donors (Lipinski definition) is 1. The number of benzene rings is 1. The number of rotatable bonds is 2. The van der Waals surface area contributed by atoms with Crippen LogP contribution >= 0.6 is 0 Å². The van der Waals surface area contributed by atoms with Crippen molar-refractivity contribution in [3.05, 3.63) is 35.9 Å². The van der Waals surface area contributed by atoms with E-state index in [9.17, 15) is 14.7 Å². The molecule has 3 rings (SSSR count). The van der Waals surface area contributed by atoms with Crippen LogP contribution in [0.5, 0.6) is 0 Å². The second-order valence-electron chi connectivity index (χ2n) is 5.76. The monoisotopic (exact) mass is 289 g/mol. The van der Waals surface area contributed by atoms with Crippen LogP contribution in [0.25, 0.3) is 0 Å². The molecule has 2 bridgehead atoms. The molecule has 0 unspecified atom stereocenters. The quantitative estimate of drug-likeness (QED) is 0.900. The Kier molecular flexibility index (Phi) is 3.92. The van der Waals surface area contributed by atoms with E-state index in [1.54, 1.807) is 4.90 Å². The molecule has 1 saturated heterocycles. The maximum absolute atomic E-state index is 12.2. The number of Topliss-reactive ketones (excluding diaryl/α,β-unsaturated/α-hetero) is 1. The van der Waals surface area contributed by atoms with Crippen LogP contribution in [0.2, 0.25) is 0 Å². The fourth-order valence-corrected chi connectivity index (χ4v) is 3.20. The van der Waals surface area contributed by atoms with Gasteiger partial charge in [0, 0.05) is 18.4 Å². The van der Waals surface area contributed by atoms with Gasteiger partial charge >= 0.3 is 6.09 Å². The predicted molar refractivity (Wildman–Crippen MR) is 75.5 cm³/mol. The number of piperidine rings is 1. The van der Waals surface area contributed by atoms with Crippen molar-refractivity contribution in [2.24, 2.45) is 5.92 Å². The van der Waals surface area contributed by atoms with Crippen molar-refractivity contribution >= 4 is 11.9 Å². The second-order valence-corrected chi connectivity index (χ2v) is 5.76. The third kappa shape index (κ3) is 2.93. The van der Waals surface area contributed by atoms with Crippen molar-refractivity contribution in [2.45, 2.75) is 38.0 Å². The Morgan fingerprint density at radius 1 is 1.33 bits per heavy atom. The molecule has 2 fully saturated rings. The summed E-state index contributed by atoms with van der Waals surface area (Å²) in [5.41, 5.74) is 0.931. The highest BCUT2D eigenvalue weighted by Crippen LogP contribution is 2.33. The number of carbonyl (C=O) groups is 2. The lowest BCUT2D eigenvalue weighted by molar-refractivity contribution is -0.135. The molecule has 0 aromatic heterocycles. The third-order valence-electron chi connectivity index (χ3n) is 4.39. The fourth-order valence-electron chi connectivity index (χ4n) is 3.20. The van der Waals surface area contributed by atoms with Gasteiger partial charge in [0.25, 0.3) is 0 Å². The fraction of sp³-hybridized carbons (Fsp3) is 0.500. The topological polar surface area (TPSA) is 66.8 Å². The van der Waals surface area contributed by atoms with Crippen molar-refractivity contribution < 1.29 is 19.4 Å². The minimum absolute atomic E-state index is 0.0133.